The Hall–Kier alpha value is -1.50. The third-order valence-corrected chi connectivity index (χ3v) is 1.31. The van der Waals surface area contributed by atoms with Crippen molar-refractivity contribution in [2.45, 2.75) is 26.7 Å². The molecular formula is C10H14O4. The summed E-state index contributed by atoms with van der Waals surface area (Å²) in [7, 11) is 0. The van der Waals surface area contributed by atoms with Gasteiger partial charge in [0.1, 0.15) is 0 Å². The first-order valence-electron chi connectivity index (χ1n) is 4.47. The summed E-state index contributed by atoms with van der Waals surface area (Å²) in [5, 5.41) is 0. The van der Waals surface area contributed by atoms with Crippen LogP contribution < -0.4 is 0 Å². The van der Waals surface area contributed by atoms with Crippen molar-refractivity contribution in [1.82, 2.24) is 0 Å². The maximum atomic E-state index is 10.6. The van der Waals surface area contributed by atoms with Crippen LogP contribution in [0.25, 0.3) is 0 Å². The summed E-state index contributed by atoms with van der Waals surface area (Å²) >= 11 is 0. The van der Waals surface area contributed by atoms with Gasteiger partial charge in [0, 0.05) is 12.8 Å². The first-order chi connectivity index (χ1) is 6.70. The van der Waals surface area contributed by atoms with Crippen molar-refractivity contribution in [3.05, 3.63) is 0 Å². The van der Waals surface area contributed by atoms with Gasteiger partial charge in [-0.25, -0.2) is 0 Å². The summed E-state index contributed by atoms with van der Waals surface area (Å²) in [5.41, 5.74) is 0. The Kier molecular flexibility index (Phi) is 7.24. The third-order valence-electron chi connectivity index (χ3n) is 1.31. The Bertz CT molecular complexity index is 223. The summed E-state index contributed by atoms with van der Waals surface area (Å²) in [6.07, 6.45) is 0.680. The average Bonchev–Trinajstić information content (AvgIpc) is 2.22. The number of rotatable bonds is 4. The van der Waals surface area contributed by atoms with Crippen LogP contribution in [-0.4, -0.2) is 25.2 Å². The maximum absolute atomic E-state index is 10.6. The summed E-state index contributed by atoms with van der Waals surface area (Å²) in [6.45, 7) is 3.52. The lowest BCUT2D eigenvalue weighted by Crippen LogP contribution is -2.04. The van der Waals surface area contributed by atoms with E-state index in [9.17, 15) is 9.59 Å². The molecule has 0 saturated heterocycles. The van der Waals surface area contributed by atoms with Crippen molar-refractivity contribution >= 4 is 11.9 Å². The second-order valence-electron chi connectivity index (χ2n) is 2.38. The molecule has 0 unspecified atom stereocenters. The Labute approximate surface area is 83.6 Å². The lowest BCUT2D eigenvalue weighted by atomic mass is 10.5. The molecule has 0 amide bonds. The first-order valence-corrected chi connectivity index (χ1v) is 4.47. The highest BCUT2D eigenvalue weighted by molar-refractivity contribution is 5.69. The number of hydrogen-bond acceptors (Lipinski definition) is 4. The number of hydrogen-bond donors (Lipinski definition) is 0. The molecule has 0 radical (unpaired) electrons. The van der Waals surface area contributed by atoms with E-state index in [0.29, 0.717) is 12.8 Å². The highest BCUT2D eigenvalue weighted by Crippen LogP contribution is 1.83. The fourth-order valence-electron chi connectivity index (χ4n) is 0.539. The zero-order chi connectivity index (χ0) is 10.8. The van der Waals surface area contributed by atoms with E-state index >= 15 is 0 Å². The molecule has 0 aliphatic heterocycles. The molecule has 78 valence electrons. The van der Waals surface area contributed by atoms with Crippen LogP contribution in [0, 0.1) is 11.8 Å². The summed E-state index contributed by atoms with van der Waals surface area (Å²) in [6, 6.07) is 0. The molecule has 0 aliphatic rings. The molecule has 0 N–H and O–H groups in total. The SMILES string of the molecule is CCC(=O)OCC#CCOC(=O)CC. The summed E-state index contributed by atoms with van der Waals surface area (Å²) in [4.78, 5) is 21.2. The van der Waals surface area contributed by atoms with Gasteiger partial charge in [0.15, 0.2) is 13.2 Å². The van der Waals surface area contributed by atoms with E-state index in [1.165, 1.54) is 0 Å². The van der Waals surface area contributed by atoms with E-state index in [0.717, 1.165) is 0 Å². The van der Waals surface area contributed by atoms with E-state index in [2.05, 4.69) is 21.3 Å². The van der Waals surface area contributed by atoms with Crippen molar-refractivity contribution in [3.8, 4) is 11.8 Å². The second-order valence-corrected chi connectivity index (χ2v) is 2.38. The van der Waals surface area contributed by atoms with Crippen molar-refractivity contribution in [3.63, 3.8) is 0 Å². The number of esters is 2. The van der Waals surface area contributed by atoms with Crippen LogP contribution in [0.1, 0.15) is 26.7 Å². The molecule has 4 nitrogen and oxygen atoms in total. The smallest absolute Gasteiger partial charge is 0.306 e. The molecular weight excluding hydrogens is 184 g/mol. The van der Waals surface area contributed by atoms with E-state index in [1.54, 1.807) is 13.8 Å². The number of carbonyl (C=O) groups is 2. The summed E-state index contributed by atoms with van der Waals surface area (Å²) in [5.74, 6) is 4.55. The zero-order valence-corrected chi connectivity index (χ0v) is 8.46. The molecule has 0 fully saturated rings. The first kappa shape index (κ1) is 12.5. The molecule has 0 bridgehead atoms. The van der Waals surface area contributed by atoms with Crippen molar-refractivity contribution < 1.29 is 19.1 Å². The Morgan fingerprint density at radius 1 is 0.929 bits per heavy atom. The van der Waals surface area contributed by atoms with Gasteiger partial charge in [-0.2, -0.15) is 0 Å². The predicted molar refractivity (Wildman–Crippen MR) is 50.3 cm³/mol. The molecule has 4 heteroatoms. The number of ether oxygens (including phenoxy) is 2. The molecule has 0 aliphatic carbocycles. The van der Waals surface area contributed by atoms with Gasteiger partial charge in [0.2, 0.25) is 0 Å². The van der Waals surface area contributed by atoms with Gasteiger partial charge in [-0.3, -0.25) is 9.59 Å². The van der Waals surface area contributed by atoms with Gasteiger partial charge in [0.25, 0.3) is 0 Å². The van der Waals surface area contributed by atoms with Crippen LogP contribution in [0.15, 0.2) is 0 Å². The standard InChI is InChI=1S/C10H14O4/c1-3-9(11)13-7-5-6-8-14-10(12)4-2/h3-4,7-8H2,1-2H3. The normalized spacial score (nSPS) is 8.43. The van der Waals surface area contributed by atoms with Gasteiger partial charge in [-0.15, -0.1) is 0 Å². The molecule has 0 aromatic carbocycles. The fourth-order valence-corrected chi connectivity index (χ4v) is 0.539. The molecule has 0 aromatic rings. The van der Waals surface area contributed by atoms with Crippen LogP contribution in [0.5, 0.6) is 0 Å². The second kappa shape index (κ2) is 8.11. The summed E-state index contributed by atoms with van der Waals surface area (Å²) < 4.78 is 9.34. The molecule has 0 atom stereocenters. The van der Waals surface area contributed by atoms with Gasteiger partial charge < -0.3 is 9.47 Å². The van der Waals surface area contributed by atoms with Crippen LogP contribution in [0.4, 0.5) is 0 Å². The van der Waals surface area contributed by atoms with Crippen LogP contribution >= 0.6 is 0 Å². The Morgan fingerprint density at radius 2 is 1.29 bits per heavy atom. The Balaban J connectivity index is 3.45. The monoisotopic (exact) mass is 198 g/mol. The van der Waals surface area contributed by atoms with Crippen molar-refractivity contribution in [2.75, 3.05) is 13.2 Å². The van der Waals surface area contributed by atoms with Crippen LogP contribution in [0.2, 0.25) is 0 Å². The van der Waals surface area contributed by atoms with Crippen LogP contribution in [-0.2, 0) is 19.1 Å². The molecule has 0 heterocycles. The topological polar surface area (TPSA) is 52.6 Å². The van der Waals surface area contributed by atoms with Gasteiger partial charge in [-0.05, 0) is 0 Å². The highest BCUT2D eigenvalue weighted by Gasteiger charge is 1.95. The molecule has 0 spiro atoms. The maximum Gasteiger partial charge on any atom is 0.306 e. The third kappa shape index (κ3) is 7.17. The van der Waals surface area contributed by atoms with Crippen molar-refractivity contribution in [2.24, 2.45) is 0 Å². The minimum absolute atomic E-state index is 0.0519. The minimum Gasteiger partial charge on any atom is -0.452 e. The van der Waals surface area contributed by atoms with E-state index in [1.807, 2.05) is 0 Å². The highest BCUT2D eigenvalue weighted by atomic mass is 16.5. The van der Waals surface area contributed by atoms with Crippen LogP contribution in [0.3, 0.4) is 0 Å². The van der Waals surface area contributed by atoms with Gasteiger partial charge in [0.05, 0.1) is 0 Å². The van der Waals surface area contributed by atoms with Gasteiger partial charge >= 0.3 is 11.9 Å². The lowest BCUT2D eigenvalue weighted by Gasteiger charge is -1.96. The van der Waals surface area contributed by atoms with Gasteiger partial charge in [-0.1, -0.05) is 25.7 Å². The molecule has 14 heavy (non-hydrogen) atoms. The van der Waals surface area contributed by atoms with E-state index in [4.69, 9.17) is 0 Å². The largest absolute Gasteiger partial charge is 0.452 e. The van der Waals surface area contributed by atoms with E-state index < -0.39 is 0 Å². The predicted octanol–water partition coefficient (Wildman–Crippen LogP) is 0.896. The van der Waals surface area contributed by atoms with Crippen molar-refractivity contribution in [1.29, 1.82) is 0 Å². The zero-order valence-electron chi connectivity index (χ0n) is 8.46. The molecule has 0 saturated carbocycles. The lowest BCUT2D eigenvalue weighted by molar-refractivity contribution is -0.142. The molecule has 0 rings (SSSR count). The average molecular weight is 198 g/mol. The Morgan fingerprint density at radius 3 is 1.57 bits per heavy atom. The fraction of sp³-hybridized carbons (Fsp3) is 0.600. The molecule has 0 aromatic heterocycles. The van der Waals surface area contributed by atoms with E-state index in [-0.39, 0.29) is 25.2 Å². The number of carbonyl (C=O) groups excluding carboxylic acids is 2. The minimum atomic E-state index is -0.287. The quantitative estimate of drug-likeness (QED) is 0.497.